The smallest absolute Gasteiger partial charge is 0.0948 e. The summed E-state index contributed by atoms with van der Waals surface area (Å²) >= 11 is 0. The highest BCUT2D eigenvalue weighted by Crippen LogP contribution is 2.33. The molecule has 1 aromatic rings. The van der Waals surface area contributed by atoms with Crippen molar-refractivity contribution in [3.8, 4) is 0 Å². The third-order valence-electron chi connectivity index (χ3n) is 4.71. The fourth-order valence-electron chi connectivity index (χ4n) is 3.34. The molecular formula is C15H25N3O. The van der Waals surface area contributed by atoms with Gasteiger partial charge in [-0.05, 0) is 37.6 Å². The Bertz CT molecular complexity index is 403. The first-order valence-corrected chi connectivity index (χ1v) is 7.55. The van der Waals surface area contributed by atoms with Crippen LogP contribution in [-0.4, -0.2) is 35.9 Å². The van der Waals surface area contributed by atoms with Crippen LogP contribution >= 0.6 is 0 Å². The number of ether oxygens (including phenoxy) is 1. The maximum atomic E-state index is 5.50. The van der Waals surface area contributed by atoms with Gasteiger partial charge in [0.25, 0.3) is 0 Å². The highest BCUT2D eigenvalue weighted by molar-refractivity contribution is 5.09. The van der Waals surface area contributed by atoms with Gasteiger partial charge in [0.05, 0.1) is 6.33 Å². The highest BCUT2D eigenvalue weighted by atomic mass is 16.5. The Morgan fingerprint density at radius 1 is 1.47 bits per heavy atom. The van der Waals surface area contributed by atoms with Gasteiger partial charge < -0.3 is 14.6 Å². The van der Waals surface area contributed by atoms with E-state index in [9.17, 15) is 0 Å². The van der Waals surface area contributed by atoms with Crippen molar-refractivity contribution >= 4 is 0 Å². The number of hydrogen-bond donors (Lipinski definition) is 1. The second-order valence-electron chi connectivity index (χ2n) is 6.41. The molecule has 0 aromatic carbocycles. The van der Waals surface area contributed by atoms with Gasteiger partial charge in [0, 0.05) is 44.1 Å². The van der Waals surface area contributed by atoms with Crippen LogP contribution in [0.3, 0.4) is 0 Å². The monoisotopic (exact) mass is 263 g/mol. The molecule has 2 saturated heterocycles. The van der Waals surface area contributed by atoms with Crippen LogP contribution in [0.1, 0.15) is 44.2 Å². The van der Waals surface area contributed by atoms with E-state index in [-0.39, 0.29) is 0 Å². The van der Waals surface area contributed by atoms with Gasteiger partial charge in [0.1, 0.15) is 0 Å². The SMILES string of the molecule is CC1(Cn2cncc2C2CCCNC2)CCOCC1. The van der Waals surface area contributed by atoms with E-state index < -0.39 is 0 Å². The van der Waals surface area contributed by atoms with Crippen LogP contribution in [0.5, 0.6) is 0 Å². The summed E-state index contributed by atoms with van der Waals surface area (Å²) in [6, 6.07) is 0. The lowest BCUT2D eigenvalue weighted by Crippen LogP contribution is -2.33. The van der Waals surface area contributed by atoms with E-state index in [0.29, 0.717) is 11.3 Å². The molecule has 3 heterocycles. The minimum absolute atomic E-state index is 0.371. The number of imidazole rings is 1. The van der Waals surface area contributed by atoms with E-state index >= 15 is 0 Å². The summed E-state index contributed by atoms with van der Waals surface area (Å²) in [6.45, 7) is 7.56. The molecule has 3 rings (SSSR count). The van der Waals surface area contributed by atoms with Crippen molar-refractivity contribution in [2.24, 2.45) is 5.41 Å². The molecule has 1 atom stereocenters. The van der Waals surface area contributed by atoms with Crippen molar-refractivity contribution in [3.63, 3.8) is 0 Å². The normalized spacial score (nSPS) is 27.3. The molecule has 0 spiro atoms. The Kier molecular flexibility index (Phi) is 3.89. The first-order chi connectivity index (χ1) is 9.27. The summed E-state index contributed by atoms with van der Waals surface area (Å²) in [4.78, 5) is 4.40. The van der Waals surface area contributed by atoms with Crippen LogP contribution in [0.2, 0.25) is 0 Å². The first-order valence-electron chi connectivity index (χ1n) is 7.55. The fourth-order valence-corrected chi connectivity index (χ4v) is 3.34. The topological polar surface area (TPSA) is 39.1 Å². The molecular weight excluding hydrogens is 238 g/mol. The van der Waals surface area contributed by atoms with E-state index in [1.807, 2.05) is 6.33 Å². The number of piperidine rings is 1. The molecule has 1 aromatic heterocycles. The molecule has 0 saturated carbocycles. The Hall–Kier alpha value is -0.870. The highest BCUT2D eigenvalue weighted by Gasteiger charge is 2.29. The largest absolute Gasteiger partial charge is 0.381 e. The molecule has 0 bridgehead atoms. The van der Waals surface area contributed by atoms with Gasteiger partial charge in [-0.15, -0.1) is 0 Å². The maximum absolute atomic E-state index is 5.50. The van der Waals surface area contributed by atoms with E-state index in [0.717, 1.165) is 39.1 Å². The van der Waals surface area contributed by atoms with E-state index in [4.69, 9.17) is 4.74 Å². The third-order valence-corrected chi connectivity index (χ3v) is 4.71. The van der Waals surface area contributed by atoms with Crippen molar-refractivity contribution in [2.75, 3.05) is 26.3 Å². The van der Waals surface area contributed by atoms with Gasteiger partial charge >= 0.3 is 0 Å². The summed E-state index contributed by atoms with van der Waals surface area (Å²) in [7, 11) is 0. The number of nitrogens with zero attached hydrogens (tertiary/aromatic N) is 2. The third kappa shape index (κ3) is 3.00. The molecule has 1 unspecified atom stereocenters. The summed E-state index contributed by atoms with van der Waals surface area (Å²) in [5, 5.41) is 3.50. The van der Waals surface area contributed by atoms with Crippen LogP contribution < -0.4 is 5.32 Å². The molecule has 106 valence electrons. The zero-order valence-electron chi connectivity index (χ0n) is 11.9. The van der Waals surface area contributed by atoms with Crippen molar-refractivity contribution < 1.29 is 4.74 Å². The second-order valence-corrected chi connectivity index (χ2v) is 6.41. The van der Waals surface area contributed by atoms with Gasteiger partial charge in [-0.1, -0.05) is 6.92 Å². The second kappa shape index (κ2) is 5.63. The number of rotatable bonds is 3. The van der Waals surface area contributed by atoms with Gasteiger partial charge in [-0.3, -0.25) is 0 Å². The van der Waals surface area contributed by atoms with Gasteiger partial charge in [0.15, 0.2) is 0 Å². The average molecular weight is 263 g/mol. The molecule has 0 amide bonds. The molecule has 0 radical (unpaired) electrons. The molecule has 2 aliphatic rings. The van der Waals surface area contributed by atoms with Crippen LogP contribution in [-0.2, 0) is 11.3 Å². The molecule has 1 N–H and O–H groups in total. The molecule has 4 heteroatoms. The first kappa shape index (κ1) is 13.1. The quantitative estimate of drug-likeness (QED) is 0.908. The molecule has 4 nitrogen and oxygen atoms in total. The van der Waals surface area contributed by atoms with Crippen molar-refractivity contribution in [2.45, 2.75) is 45.1 Å². The zero-order chi connectivity index (χ0) is 13.1. The van der Waals surface area contributed by atoms with Crippen molar-refractivity contribution in [1.29, 1.82) is 0 Å². The Morgan fingerprint density at radius 2 is 2.32 bits per heavy atom. The van der Waals surface area contributed by atoms with E-state index in [2.05, 4.69) is 28.0 Å². The Labute approximate surface area is 115 Å². The lowest BCUT2D eigenvalue weighted by atomic mass is 9.82. The number of hydrogen-bond acceptors (Lipinski definition) is 3. The number of nitrogens with one attached hydrogen (secondary N) is 1. The molecule has 2 aliphatic heterocycles. The summed E-state index contributed by atoms with van der Waals surface area (Å²) in [5.74, 6) is 0.639. The van der Waals surface area contributed by atoms with Gasteiger partial charge in [-0.25, -0.2) is 4.98 Å². The van der Waals surface area contributed by atoms with Crippen molar-refractivity contribution in [1.82, 2.24) is 14.9 Å². The van der Waals surface area contributed by atoms with Gasteiger partial charge in [-0.2, -0.15) is 0 Å². The van der Waals surface area contributed by atoms with Crippen LogP contribution in [0.25, 0.3) is 0 Å². The van der Waals surface area contributed by atoms with Crippen LogP contribution in [0.4, 0.5) is 0 Å². The van der Waals surface area contributed by atoms with E-state index in [1.54, 1.807) is 0 Å². The lowest BCUT2D eigenvalue weighted by molar-refractivity contribution is 0.0150. The lowest BCUT2D eigenvalue weighted by Gasteiger charge is -2.35. The fraction of sp³-hybridized carbons (Fsp3) is 0.800. The Balaban J connectivity index is 1.72. The summed E-state index contributed by atoms with van der Waals surface area (Å²) in [5.41, 5.74) is 1.79. The predicted octanol–water partition coefficient (Wildman–Crippen LogP) is 2.17. The molecule has 19 heavy (non-hydrogen) atoms. The van der Waals surface area contributed by atoms with Crippen molar-refractivity contribution in [3.05, 3.63) is 18.2 Å². The maximum Gasteiger partial charge on any atom is 0.0948 e. The minimum atomic E-state index is 0.371. The predicted molar refractivity (Wildman–Crippen MR) is 75.2 cm³/mol. The molecule has 0 aliphatic carbocycles. The Morgan fingerprint density at radius 3 is 3.05 bits per heavy atom. The summed E-state index contributed by atoms with van der Waals surface area (Å²) in [6.07, 6.45) is 8.98. The standard InChI is InChI=1S/C15H25N3O/c1-15(4-7-19-8-5-15)11-18-12-17-10-14(18)13-3-2-6-16-9-13/h10,12-13,16H,2-9,11H2,1H3. The number of aromatic nitrogens is 2. The molecule has 2 fully saturated rings. The van der Waals surface area contributed by atoms with Crippen LogP contribution in [0.15, 0.2) is 12.5 Å². The summed E-state index contributed by atoms with van der Waals surface area (Å²) < 4.78 is 7.89. The average Bonchev–Trinajstić information content (AvgIpc) is 2.88. The van der Waals surface area contributed by atoms with Crippen LogP contribution in [0, 0.1) is 5.41 Å². The zero-order valence-corrected chi connectivity index (χ0v) is 11.9. The van der Waals surface area contributed by atoms with E-state index in [1.165, 1.54) is 25.1 Å². The minimum Gasteiger partial charge on any atom is -0.381 e. The van der Waals surface area contributed by atoms with Gasteiger partial charge in [0.2, 0.25) is 0 Å².